The summed E-state index contributed by atoms with van der Waals surface area (Å²) in [5.74, 6) is 0. The maximum Gasteiger partial charge on any atom is 0.410 e. The van der Waals surface area contributed by atoms with Gasteiger partial charge in [-0.3, -0.25) is 19.9 Å². The van der Waals surface area contributed by atoms with Crippen molar-refractivity contribution >= 4 is 28.5 Å². The highest BCUT2D eigenvalue weighted by Crippen LogP contribution is 2.47. The van der Waals surface area contributed by atoms with E-state index in [1.54, 1.807) is 23.5 Å². The highest BCUT2D eigenvalue weighted by molar-refractivity contribution is 5.77. The van der Waals surface area contributed by atoms with Crippen LogP contribution in [0.2, 0.25) is 0 Å². The van der Waals surface area contributed by atoms with Gasteiger partial charge in [-0.15, -0.1) is 0 Å². The van der Waals surface area contributed by atoms with Gasteiger partial charge in [-0.25, -0.2) is 13.6 Å². The number of amides is 1. The molecule has 36 heavy (non-hydrogen) atoms. The molecule has 1 aliphatic carbocycles. The molecule has 8 nitrogen and oxygen atoms in total. The van der Waals surface area contributed by atoms with E-state index in [2.05, 4.69) is 20.3 Å². The molecule has 1 saturated heterocycles. The number of pyridine rings is 1. The fraction of sp³-hybridized carbons (Fsp3) is 0.462. The number of anilines is 2. The van der Waals surface area contributed by atoms with E-state index in [1.807, 2.05) is 43.9 Å². The van der Waals surface area contributed by atoms with Crippen LogP contribution in [0, 0.1) is 0 Å². The minimum absolute atomic E-state index is 0.120. The summed E-state index contributed by atoms with van der Waals surface area (Å²) < 4.78 is 33.8. The number of halogens is 2. The second-order valence-electron chi connectivity index (χ2n) is 10.4. The molecule has 3 heterocycles. The largest absolute Gasteiger partial charge is 0.444 e. The summed E-state index contributed by atoms with van der Waals surface area (Å²) in [5.41, 5.74) is 2.38. The van der Waals surface area contributed by atoms with E-state index >= 15 is 0 Å². The average Bonchev–Trinajstić information content (AvgIpc) is 3.60. The van der Waals surface area contributed by atoms with Crippen LogP contribution in [0.3, 0.4) is 0 Å². The Balaban J connectivity index is 1.39. The Hall–Kier alpha value is -3.56. The molecule has 1 aromatic carbocycles. The van der Waals surface area contributed by atoms with Crippen LogP contribution >= 0.6 is 0 Å². The number of benzene rings is 1. The van der Waals surface area contributed by atoms with Crippen LogP contribution in [0.25, 0.3) is 11.0 Å². The van der Waals surface area contributed by atoms with Gasteiger partial charge in [0.05, 0.1) is 39.7 Å². The third-order valence-corrected chi connectivity index (χ3v) is 6.61. The van der Waals surface area contributed by atoms with Crippen LogP contribution in [0.4, 0.5) is 25.0 Å². The first kappa shape index (κ1) is 24.1. The van der Waals surface area contributed by atoms with Crippen LogP contribution in [0.1, 0.15) is 51.2 Å². The molecule has 0 unspecified atom stereocenters. The van der Waals surface area contributed by atoms with Gasteiger partial charge in [0.25, 0.3) is 6.43 Å². The average molecular weight is 497 g/mol. The van der Waals surface area contributed by atoms with E-state index in [0.717, 1.165) is 29.4 Å². The minimum Gasteiger partial charge on any atom is -0.444 e. The van der Waals surface area contributed by atoms with E-state index in [-0.39, 0.29) is 11.7 Å². The number of ether oxygens (including phenoxy) is 1. The van der Waals surface area contributed by atoms with E-state index < -0.39 is 17.6 Å². The second-order valence-corrected chi connectivity index (χ2v) is 10.4. The highest BCUT2D eigenvalue weighted by atomic mass is 19.3. The van der Waals surface area contributed by atoms with Gasteiger partial charge in [0.2, 0.25) is 0 Å². The molecule has 2 aromatic heterocycles. The van der Waals surface area contributed by atoms with E-state index in [1.165, 1.54) is 6.20 Å². The summed E-state index contributed by atoms with van der Waals surface area (Å²) >= 11 is 0. The molecule has 0 radical (unpaired) electrons. The van der Waals surface area contributed by atoms with Gasteiger partial charge in [-0.1, -0.05) is 6.07 Å². The standard InChI is InChI=1S/C26H30F2N6O2/c1-25(2,3)36-24(35)34-11-10-33(16-26(34)6-7-26)22-18(23(27)28)14-29-15-21(22)32-13-17-4-5-19-20(12-17)31-9-8-30-19/h4-5,8-9,12,14-15,23,32H,6-7,10-11,13,16H2,1-3H3. The van der Waals surface area contributed by atoms with Gasteiger partial charge in [0.1, 0.15) is 5.60 Å². The molecule has 1 amide bonds. The predicted octanol–water partition coefficient (Wildman–Crippen LogP) is 5.16. The van der Waals surface area contributed by atoms with Crippen LogP contribution in [-0.2, 0) is 11.3 Å². The Morgan fingerprint density at radius 2 is 1.89 bits per heavy atom. The quantitative estimate of drug-likeness (QED) is 0.522. The van der Waals surface area contributed by atoms with Crippen molar-refractivity contribution in [2.75, 3.05) is 29.9 Å². The van der Waals surface area contributed by atoms with Gasteiger partial charge in [0.15, 0.2) is 0 Å². The number of nitrogens with zero attached hydrogens (tertiary/aromatic N) is 5. The van der Waals surface area contributed by atoms with Crippen molar-refractivity contribution in [3.05, 3.63) is 54.1 Å². The maximum atomic E-state index is 14.1. The van der Waals surface area contributed by atoms with Gasteiger partial charge in [-0.05, 0) is 51.3 Å². The van der Waals surface area contributed by atoms with Crippen LogP contribution < -0.4 is 10.2 Å². The first-order valence-electron chi connectivity index (χ1n) is 12.1. The molecule has 190 valence electrons. The molecule has 10 heteroatoms. The van der Waals surface area contributed by atoms with Crippen LogP contribution in [0.15, 0.2) is 43.0 Å². The summed E-state index contributed by atoms with van der Waals surface area (Å²) in [6.45, 7) is 7.23. The fourth-order valence-corrected chi connectivity index (χ4v) is 4.77. The highest BCUT2D eigenvalue weighted by Gasteiger charge is 2.54. The maximum absolute atomic E-state index is 14.1. The topological polar surface area (TPSA) is 83.5 Å². The summed E-state index contributed by atoms with van der Waals surface area (Å²) in [5, 5.41) is 3.31. The van der Waals surface area contributed by atoms with Crippen molar-refractivity contribution in [1.29, 1.82) is 0 Å². The number of carbonyl (C=O) groups excluding carboxylic acids is 1. The normalized spacial score (nSPS) is 17.1. The molecule has 1 aliphatic heterocycles. The molecule has 2 fully saturated rings. The lowest BCUT2D eigenvalue weighted by Crippen LogP contribution is -2.58. The number of hydrogen-bond acceptors (Lipinski definition) is 7. The van der Waals surface area contributed by atoms with Crippen molar-refractivity contribution in [2.45, 2.75) is 57.7 Å². The summed E-state index contributed by atoms with van der Waals surface area (Å²) in [6.07, 6.45) is 4.71. The number of rotatable bonds is 5. The molecule has 0 bridgehead atoms. The number of alkyl halides is 2. The number of carbonyl (C=O) groups is 1. The van der Waals surface area contributed by atoms with Crippen molar-refractivity contribution < 1.29 is 18.3 Å². The van der Waals surface area contributed by atoms with E-state index in [9.17, 15) is 13.6 Å². The summed E-state index contributed by atoms with van der Waals surface area (Å²) in [6, 6.07) is 5.76. The zero-order valence-electron chi connectivity index (χ0n) is 20.7. The Morgan fingerprint density at radius 1 is 1.14 bits per heavy atom. The minimum atomic E-state index is -2.68. The lowest BCUT2D eigenvalue weighted by atomic mass is 10.1. The van der Waals surface area contributed by atoms with Crippen molar-refractivity contribution in [3.8, 4) is 0 Å². The summed E-state index contributed by atoms with van der Waals surface area (Å²) in [7, 11) is 0. The number of nitrogens with one attached hydrogen (secondary N) is 1. The molecule has 1 spiro atoms. The van der Waals surface area contributed by atoms with Gasteiger partial charge < -0.3 is 15.0 Å². The van der Waals surface area contributed by atoms with Crippen molar-refractivity contribution in [2.24, 2.45) is 0 Å². The molecule has 1 N–H and O–H groups in total. The zero-order valence-corrected chi connectivity index (χ0v) is 20.7. The molecular weight excluding hydrogens is 466 g/mol. The van der Waals surface area contributed by atoms with E-state index in [0.29, 0.717) is 37.6 Å². The zero-order chi connectivity index (χ0) is 25.5. The first-order chi connectivity index (χ1) is 17.2. The lowest BCUT2D eigenvalue weighted by Gasteiger charge is -2.44. The molecule has 1 saturated carbocycles. The Bertz CT molecular complexity index is 1270. The molecule has 2 aliphatic rings. The van der Waals surface area contributed by atoms with Gasteiger partial charge in [0, 0.05) is 44.8 Å². The Labute approximate surface area is 208 Å². The number of aromatic nitrogens is 3. The van der Waals surface area contributed by atoms with E-state index in [4.69, 9.17) is 4.74 Å². The Morgan fingerprint density at radius 3 is 2.58 bits per heavy atom. The number of hydrogen-bond donors (Lipinski definition) is 1. The molecular formula is C26H30F2N6O2. The fourth-order valence-electron chi connectivity index (χ4n) is 4.77. The van der Waals surface area contributed by atoms with Crippen molar-refractivity contribution in [3.63, 3.8) is 0 Å². The first-order valence-corrected chi connectivity index (χ1v) is 12.1. The third kappa shape index (κ3) is 4.89. The van der Waals surface area contributed by atoms with Crippen LogP contribution in [-0.4, -0.2) is 56.7 Å². The predicted molar refractivity (Wildman–Crippen MR) is 133 cm³/mol. The molecule has 0 atom stereocenters. The molecule has 5 rings (SSSR count). The lowest BCUT2D eigenvalue weighted by molar-refractivity contribution is 0.0106. The van der Waals surface area contributed by atoms with Crippen LogP contribution in [0.5, 0.6) is 0 Å². The smallest absolute Gasteiger partial charge is 0.410 e. The number of piperazine rings is 1. The van der Waals surface area contributed by atoms with Gasteiger partial charge >= 0.3 is 6.09 Å². The van der Waals surface area contributed by atoms with Crippen molar-refractivity contribution in [1.82, 2.24) is 19.9 Å². The monoisotopic (exact) mass is 496 g/mol. The third-order valence-electron chi connectivity index (χ3n) is 6.61. The number of fused-ring (bicyclic) bond motifs is 1. The Kier molecular flexibility index (Phi) is 6.13. The second kappa shape index (κ2) is 9.15. The van der Waals surface area contributed by atoms with Gasteiger partial charge in [-0.2, -0.15) is 0 Å². The summed E-state index contributed by atoms with van der Waals surface area (Å²) in [4.78, 5) is 29.3. The SMILES string of the molecule is CC(C)(C)OC(=O)N1CCN(c2c(NCc3ccc4nccnc4c3)cncc2C(F)F)CC12CC2. The molecule has 3 aromatic rings.